The molecule has 78 valence electrons. The molecule has 2 heteroatoms. The molecule has 1 saturated heterocycles. The molecule has 0 unspecified atom stereocenters. The fourth-order valence-electron chi connectivity index (χ4n) is 2.74. The lowest BCUT2D eigenvalue weighted by molar-refractivity contribution is -0.120. The highest BCUT2D eigenvalue weighted by molar-refractivity contribution is 5.78. The summed E-state index contributed by atoms with van der Waals surface area (Å²) in [6.45, 7) is 4.96. The van der Waals surface area contributed by atoms with Gasteiger partial charge < -0.3 is 5.32 Å². The first-order valence-electron chi connectivity index (χ1n) is 5.59. The zero-order valence-corrected chi connectivity index (χ0v) is 8.99. The maximum atomic E-state index is 11.3. The minimum Gasteiger partial charge on any atom is -0.311 e. The highest BCUT2D eigenvalue weighted by Gasteiger charge is 2.42. The van der Waals surface area contributed by atoms with Crippen LogP contribution in [0.5, 0.6) is 0 Å². The highest BCUT2D eigenvalue weighted by atomic mass is 16.1. The molecule has 1 N–H and O–H groups in total. The number of Topliss-reactive ketones (excluding diaryl/α,β-unsaturated/α-hetero) is 1. The average molecular weight is 193 g/mol. The van der Waals surface area contributed by atoms with Crippen molar-refractivity contribution in [2.45, 2.75) is 32.7 Å². The van der Waals surface area contributed by atoms with Gasteiger partial charge >= 0.3 is 0 Å². The number of ketones is 1. The molecule has 0 bridgehead atoms. The van der Waals surface area contributed by atoms with Crippen LogP contribution in [-0.2, 0) is 4.79 Å². The molecule has 0 aromatic heterocycles. The normalized spacial score (nSPS) is 41.9. The SMILES string of the molecule is C/C=C\[C@@H]1C[C@H](C(C)=O)C[C@H]1[C@@H]1CN1. The molecule has 2 aliphatic rings. The van der Waals surface area contributed by atoms with Gasteiger partial charge in [-0.2, -0.15) is 0 Å². The number of allylic oxidation sites excluding steroid dienone is 2. The molecule has 0 aromatic carbocycles. The van der Waals surface area contributed by atoms with Crippen LogP contribution in [0.1, 0.15) is 26.7 Å². The van der Waals surface area contributed by atoms with Gasteiger partial charge in [-0.15, -0.1) is 0 Å². The Morgan fingerprint density at radius 3 is 2.64 bits per heavy atom. The van der Waals surface area contributed by atoms with Gasteiger partial charge in [0.05, 0.1) is 0 Å². The van der Waals surface area contributed by atoms with Crippen LogP contribution in [-0.4, -0.2) is 18.4 Å². The van der Waals surface area contributed by atoms with Gasteiger partial charge in [-0.05, 0) is 38.5 Å². The molecule has 4 atom stereocenters. The monoisotopic (exact) mass is 193 g/mol. The lowest BCUT2D eigenvalue weighted by atomic mass is 9.92. The molecular formula is C12H19NO. The zero-order valence-electron chi connectivity index (χ0n) is 8.99. The largest absolute Gasteiger partial charge is 0.311 e. The number of hydrogen-bond donors (Lipinski definition) is 1. The summed E-state index contributed by atoms with van der Waals surface area (Å²) in [5.74, 6) is 2.04. The molecule has 2 nitrogen and oxygen atoms in total. The molecule has 1 saturated carbocycles. The van der Waals surface area contributed by atoms with Gasteiger partial charge in [0, 0.05) is 18.5 Å². The maximum Gasteiger partial charge on any atom is 0.132 e. The quantitative estimate of drug-likeness (QED) is 0.548. The molecule has 1 heterocycles. The molecule has 0 spiro atoms. The molecule has 0 radical (unpaired) electrons. The Morgan fingerprint density at radius 2 is 2.14 bits per heavy atom. The molecule has 2 fully saturated rings. The van der Waals surface area contributed by atoms with E-state index in [1.165, 1.54) is 0 Å². The van der Waals surface area contributed by atoms with Crippen molar-refractivity contribution in [3.63, 3.8) is 0 Å². The molecule has 0 amide bonds. The van der Waals surface area contributed by atoms with Crippen LogP contribution < -0.4 is 5.32 Å². The second-order valence-corrected chi connectivity index (χ2v) is 4.65. The average Bonchev–Trinajstić information content (AvgIpc) is 2.89. The van der Waals surface area contributed by atoms with Crippen molar-refractivity contribution in [1.82, 2.24) is 5.32 Å². The van der Waals surface area contributed by atoms with Crippen molar-refractivity contribution >= 4 is 5.78 Å². The minimum absolute atomic E-state index is 0.323. The third-order valence-electron chi connectivity index (χ3n) is 3.63. The molecular weight excluding hydrogens is 174 g/mol. The van der Waals surface area contributed by atoms with E-state index in [1.807, 2.05) is 0 Å². The predicted molar refractivity (Wildman–Crippen MR) is 57.0 cm³/mol. The first-order chi connectivity index (χ1) is 6.72. The molecule has 0 aromatic rings. The van der Waals surface area contributed by atoms with E-state index in [9.17, 15) is 4.79 Å². The van der Waals surface area contributed by atoms with Gasteiger partial charge in [0.15, 0.2) is 0 Å². The summed E-state index contributed by atoms with van der Waals surface area (Å²) in [4.78, 5) is 11.3. The lowest BCUT2D eigenvalue weighted by Crippen LogP contribution is -2.14. The van der Waals surface area contributed by atoms with E-state index in [-0.39, 0.29) is 0 Å². The Morgan fingerprint density at radius 1 is 1.43 bits per heavy atom. The third-order valence-corrected chi connectivity index (χ3v) is 3.63. The fraction of sp³-hybridized carbons (Fsp3) is 0.750. The summed E-state index contributed by atoms with van der Waals surface area (Å²) in [6, 6.07) is 0.695. The van der Waals surface area contributed by atoms with Gasteiger partial charge in [-0.3, -0.25) is 4.79 Å². The van der Waals surface area contributed by atoms with E-state index in [4.69, 9.17) is 0 Å². The van der Waals surface area contributed by atoms with E-state index < -0.39 is 0 Å². The van der Waals surface area contributed by atoms with E-state index in [1.54, 1.807) is 6.92 Å². The Balaban J connectivity index is 2.03. The Labute approximate surface area is 85.8 Å². The van der Waals surface area contributed by atoms with Gasteiger partial charge in [0.1, 0.15) is 5.78 Å². The van der Waals surface area contributed by atoms with Crippen molar-refractivity contribution in [2.75, 3.05) is 6.54 Å². The Bertz CT molecular complexity index is 255. The second kappa shape index (κ2) is 3.85. The maximum absolute atomic E-state index is 11.3. The van der Waals surface area contributed by atoms with E-state index in [2.05, 4.69) is 24.4 Å². The number of rotatable bonds is 3. The Hall–Kier alpha value is -0.630. The van der Waals surface area contributed by atoms with Crippen molar-refractivity contribution in [2.24, 2.45) is 17.8 Å². The summed E-state index contributed by atoms with van der Waals surface area (Å²) in [7, 11) is 0. The van der Waals surface area contributed by atoms with Gasteiger partial charge in [-0.25, -0.2) is 0 Å². The predicted octanol–water partition coefficient (Wildman–Crippen LogP) is 1.77. The van der Waals surface area contributed by atoms with Crippen LogP contribution in [0.15, 0.2) is 12.2 Å². The summed E-state index contributed by atoms with van der Waals surface area (Å²) < 4.78 is 0. The van der Waals surface area contributed by atoms with Gasteiger partial charge in [0.25, 0.3) is 0 Å². The van der Waals surface area contributed by atoms with Crippen LogP contribution >= 0.6 is 0 Å². The lowest BCUT2D eigenvalue weighted by Gasteiger charge is -2.13. The fourth-order valence-corrected chi connectivity index (χ4v) is 2.74. The van der Waals surface area contributed by atoms with Gasteiger partial charge in [-0.1, -0.05) is 12.2 Å². The summed E-state index contributed by atoms with van der Waals surface area (Å²) in [5, 5.41) is 3.38. The summed E-state index contributed by atoms with van der Waals surface area (Å²) in [5.41, 5.74) is 0. The number of nitrogens with one attached hydrogen (secondary N) is 1. The zero-order chi connectivity index (χ0) is 10.1. The standard InChI is InChI=1S/C12H19NO/c1-3-4-9-5-10(8(2)14)6-11(9)12-7-13-12/h3-4,9-13H,5-7H2,1-2H3/b4-3-/t9-,10+,11-,12+/m1/s1. The minimum atomic E-state index is 0.323. The van der Waals surface area contributed by atoms with Crippen molar-refractivity contribution < 1.29 is 4.79 Å². The topological polar surface area (TPSA) is 39.0 Å². The van der Waals surface area contributed by atoms with E-state index in [0.717, 1.165) is 19.4 Å². The first-order valence-corrected chi connectivity index (χ1v) is 5.59. The van der Waals surface area contributed by atoms with E-state index >= 15 is 0 Å². The number of carbonyl (C=O) groups excluding carboxylic acids is 1. The van der Waals surface area contributed by atoms with Crippen LogP contribution in [0, 0.1) is 17.8 Å². The van der Waals surface area contributed by atoms with Crippen LogP contribution in [0.25, 0.3) is 0 Å². The van der Waals surface area contributed by atoms with E-state index in [0.29, 0.717) is 29.6 Å². The molecule has 1 aliphatic carbocycles. The molecule has 2 rings (SSSR count). The Kier molecular flexibility index (Phi) is 2.73. The summed E-state index contributed by atoms with van der Waals surface area (Å²) >= 11 is 0. The van der Waals surface area contributed by atoms with Crippen LogP contribution in [0.4, 0.5) is 0 Å². The van der Waals surface area contributed by atoms with Crippen molar-refractivity contribution in [3.05, 3.63) is 12.2 Å². The summed E-state index contributed by atoms with van der Waals surface area (Å²) in [6.07, 6.45) is 6.58. The van der Waals surface area contributed by atoms with Crippen molar-refractivity contribution in [3.8, 4) is 0 Å². The third kappa shape index (κ3) is 1.90. The first kappa shape index (κ1) is 9.91. The number of hydrogen-bond acceptors (Lipinski definition) is 2. The number of carbonyl (C=O) groups is 1. The van der Waals surface area contributed by atoms with Crippen LogP contribution in [0.2, 0.25) is 0 Å². The van der Waals surface area contributed by atoms with Gasteiger partial charge in [0.2, 0.25) is 0 Å². The smallest absolute Gasteiger partial charge is 0.132 e. The molecule has 1 aliphatic heterocycles. The van der Waals surface area contributed by atoms with Crippen molar-refractivity contribution in [1.29, 1.82) is 0 Å². The highest BCUT2D eigenvalue weighted by Crippen LogP contribution is 2.41. The molecule has 14 heavy (non-hydrogen) atoms. The second-order valence-electron chi connectivity index (χ2n) is 4.65. The van der Waals surface area contributed by atoms with Crippen LogP contribution in [0.3, 0.4) is 0 Å².